The molecule has 4 aliphatic rings. The van der Waals surface area contributed by atoms with Crippen LogP contribution >= 0.6 is 0 Å². The van der Waals surface area contributed by atoms with Gasteiger partial charge in [0, 0.05) is 43.5 Å². The summed E-state index contributed by atoms with van der Waals surface area (Å²) < 4.78 is 0. The van der Waals surface area contributed by atoms with Crippen LogP contribution in [0, 0.1) is 24.7 Å². The molecule has 29 heavy (non-hydrogen) atoms. The number of piperidine rings is 3. The van der Waals surface area contributed by atoms with Crippen LogP contribution in [0.4, 0.5) is 0 Å². The highest BCUT2D eigenvalue weighted by Gasteiger charge is 2.50. The second-order valence-corrected chi connectivity index (χ2v) is 10.1. The molecule has 0 unspecified atom stereocenters. The number of carbonyl (C=O) groups excluding carboxylic acids is 2. The molecule has 158 valence electrons. The molecule has 2 amide bonds. The quantitative estimate of drug-likeness (QED) is 0.833. The normalized spacial score (nSPS) is 32.9. The van der Waals surface area contributed by atoms with Crippen molar-refractivity contribution in [3.05, 3.63) is 23.5 Å². The molecular weight excluding hydrogens is 362 g/mol. The number of amides is 2. The number of H-pyrrole nitrogens is 1. The molecule has 3 saturated heterocycles. The minimum Gasteiger partial charge on any atom is -0.365 e. The Morgan fingerprint density at radius 2 is 1.90 bits per heavy atom. The van der Waals surface area contributed by atoms with E-state index in [2.05, 4.69) is 14.8 Å². The van der Waals surface area contributed by atoms with Gasteiger partial charge < -0.3 is 14.8 Å². The average molecular weight is 398 g/mol. The van der Waals surface area contributed by atoms with Gasteiger partial charge in [0.15, 0.2) is 0 Å². The number of aryl methyl sites for hydroxylation is 1. The molecule has 4 heterocycles. The molecule has 5 rings (SSSR count). The Bertz CT molecular complexity index is 766. The number of aromatic nitrogens is 1. The third-order valence-corrected chi connectivity index (χ3v) is 8.27. The molecule has 2 bridgehead atoms. The van der Waals surface area contributed by atoms with E-state index < -0.39 is 0 Å². The first-order chi connectivity index (χ1) is 14.1. The predicted octanol–water partition coefficient (Wildman–Crippen LogP) is 4.14. The Balaban J connectivity index is 1.40. The first kappa shape index (κ1) is 19.2. The van der Waals surface area contributed by atoms with Crippen LogP contribution in [0.2, 0.25) is 0 Å². The van der Waals surface area contributed by atoms with E-state index in [-0.39, 0.29) is 5.91 Å². The Kier molecular flexibility index (Phi) is 5.17. The van der Waals surface area contributed by atoms with Gasteiger partial charge in [0.25, 0.3) is 5.91 Å². The molecule has 5 heteroatoms. The largest absolute Gasteiger partial charge is 0.365 e. The van der Waals surface area contributed by atoms with E-state index in [9.17, 15) is 9.59 Å². The van der Waals surface area contributed by atoms with Crippen molar-refractivity contribution in [2.24, 2.45) is 17.8 Å². The van der Waals surface area contributed by atoms with Crippen molar-refractivity contribution in [1.29, 1.82) is 0 Å². The number of carbonyl (C=O) groups is 2. The first-order valence-electron chi connectivity index (χ1n) is 11.9. The summed E-state index contributed by atoms with van der Waals surface area (Å²) in [7, 11) is 0. The molecule has 0 spiro atoms. The number of nitrogens with one attached hydrogen (secondary N) is 1. The standard InChI is InChI=1S/C24H35N3O2/c1-16-20(10-11-25-16)24(29)26-14-18-13-19(15-26)22(12-17-6-3-2-4-7-17)27-21(18)8-5-9-23(27)28/h10-11,17-19,21-22,25H,2-9,12-15H2,1H3/t18-,19+,21+,22+/m1/s1. The summed E-state index contributed by atoms with van der Waals surface area (Å²) in [5.74, 6) is 2.21. The van der Waals surface area contributed by atoms with E-state index in [1.165, 1.54) is 38.5 Å². The van der Waals surface area contributed by atoms with Crippen molar-refractivity contribution in [2.45, 2.75) is 83.2 Å². The second kappa shape index (κ2) is 7.81. The highest BCUT2D eigenvalue weighted by molar-refractivity contribution is 5.95. The van der Waals surface area contributed by atoms with Gasteiger partial charge in [-0.1, -0.05) is 32.1 Å². The number of rotatable bonds is 3. The third-order valence-electron chi connectivity index (χ3n) is 8.27. The van der Waals surface area contributed by atoms with Crippen molar-refractivity contribution < 1.29 is 9.59 Å². The van der Waals surface area contributed by atoms with Crippen molar-refractivity contribution in [1.82, 2.24) is 14.8 Å². The van der Waals surface area contributed by atoms with Crippen molar-refractivity contribution in [3.8, 4) is 0 Å². The highest BCUT2D eigenvalue weighted by atomic mass is 16.2. The molecular formula is C24H35N3O2. The molecule has 4 fully saturated rings. The fourth-order valence-corrected chi connectivity index (χ4v) is 6.86. The predicted molar refractivity (Wildman–Crippen MR) is 112 cm³/mol. The summed E-state index contributed by atoms with van der Waals surface area (Å²) in [4.78, 5) is 33.9. The number of fused-ring (bicyclic) bond motifs is 4. The minimum absolute atomic E-state index is 0.172. The number of hydrogen-bond donors (Lipinski definition) is 1. The molecule has 5 nitrogen and oxygen atoms in total. The van der Waals surface area contributed by atoms with Crippen LogP contribution < -0.4 is 0 Å². The topological polar surface area (TPSA) is 56.4 Å². The lowest BCUT2D eigenvalue weighted by Gasteiger charge is -2.57. The van der Waals surface area contributed by atoms with Gasteiger partial charge in [-0.3, -0.25) is 9.59 Å². The lowest BCUT2D eigenvalue weighted by molar-refractivity contribution is -0.153. The molecule has 0 radical (unpaired) electrons. The summed E-state index contributed by atoms with van der Waals surface area (Å²) >= 11 is 0. The van der Waals surface area contributed by atoms with Crippen LogP contribution in [-0.4, -0.2) is 51.8 Å². The third kappa shape index (κ3) is 3.51. The maximum absolute atomic E-state index is 13.3. The number of nitrogens with zero attached hydrogens (tertiary/aromatic N) is 2. The van der Waals surface area contributed by atoms with E-state index in [1.54, 1.807) is 0 Å². The number of likely N-dealkylation sites (tertiary alicyclic amines) is 1. The van der Waals surface area contributed by atoms with Crippen LogP contribution in [0.1, 0.15) is 80.3 Å². The summed E-state index contributed by atoms with van der Waals surface area (Å²) in [6.45, 7) is 3.60. The monoisotopic (exact) mass is 397 g/mol. The van der Waals surface area contributed by atoms with Gasteiger partial charge in [0.05, 0.1) is 5.56 Å². The van der Waals surface area contributed by atoms with Crippen LogP contribution in [0.15, 0.2) is 12.3 Å². The van der Waals surface area contributed by atoms with E-state index >= 15 is 0 Å². The van der Waals surface area contributed by atoms with Gasteiger partial charge >= 0.3 is 0 Å². The van der Waals surface area contributed by atoms with E-state index in [1.807, 2.05) is 19.2 Å². The van der Waals surface area contributed by atoms with Gasteiger partial charge in [-0.05, 0) is 56.4 Å². The maximum atomic E-state index is 13.3. The van der Waals surface area contributed by atoms with Gasteiger partial charge in [-0.2, -0.15) is 0 Å². The zero-order valence-corrected chi connectivity index (χ0v) is 17.7. The van der Waals surface area contributed by atoms with Crippen LogP contribution in [0.3, 0.4) is 0 Å². The summed E-state index contributed by atoms with van der Waals surface area (Å²) in [6, 6.07) is 2.61. The van der Waals surface area contributed by atoms with Crippen LogP contribution in [0.5, 0.6) is 0 Å². The summed E-state index contributed by atoms with van der Waals surface area (Å²) in [6.07, 6.45) is 13.8. The Morgan fingerprint density at radius 3 is 2.66 bits per heavy atom. The van der Waals surface area contributed by atoms with E-state index in [4.69, 9.17) is 0 Å². The minimum atomic E-state index is 0.172. The van der Waals surface area contributed by atoms with Gasteiger partial charge in [0.1, 0.15) is 0 Å². The van der Waals surface area contributed by atoms with E-state index in [0.29, 0.717) is 29.8 Å². The second-order valence-electron chi connectivity index (χ2n) is 10.1. The summed E-state index contributed by atoms with van der Waals surface area (Å²) in [5.41, 5.74) is 1.77. The molecule has 1 aromatic rings. The molecule has 1 saturated carbocycles. The van der Waals surface area contributed by atoms with Crippen molar-refractivity contribution in [2.75, 3.05) is 13.1 Å². The lowest BCUT2D eigenvalue weighted by atomic mass is 9.69. The van der Waals surface area contributed by atoms with Gasteiger partial charge in [0.2, 0.25) is 5.91 Å². The number of aromatic amines is 1. The Hall–Kier alpha value is -1.78. The average Bonchev–Trinajstić information content (AvgIpc) is 3.17. The number of hydrogen-bond acceptors (Lipinski definition) is 2. The fraction of sp³-hybridized carbons (Fsp3) is 0.750. The Labute approximate surface area is 174 Å². The SMILES string of the molecule is Cc1[nH]ccc1C(=O)N1C[C@H]2C[C@@H](C1)[C@H](CC1CCCCC1)N1C(=O)CCC[C@@H]21. The van der Waals surface area contributed by atoms with Crippen LogP contribution in [0.25, 0.3) is 0 Å². The molecule has 4 atom stereocenters. The molecule has 3 aliphatic heterocycles. The van der Waals surface area contributed by atoms with Crippen LogP contribution in [-0.2, 0) is 4.79 Å². The Morgan fingerprint density at radius 1 is 1.10 bits per heavy atom. The van der Waals surface area contributed by atoms with Gasteiger partial charge in [-0.25, -0.2) is 0 Å². The highest BCUT2D eigenvalue weighted by Crippen LogP contribution is 2.44. The molecule has 0 aromatic carbocycles. The zero-order valence-electron chi connectivity index (χ0n) is 17.7. The first-order valence-corrected chi connectivity index (χ1v) is 11.9. The molecule has 1 aromatic heterocycles. The zero-order chi connectivity index (χ0) is 20.0. The van der Waals surface area contributed by atoms with Crippen molar-refractivity contribution >= 4 is 11.8 Å². The molecule has 1 aliphatic carbocycles. The fourth-order valence-electron chi connectivity index (χ4n) is 6.86. The maximum Gasteiger partial charge on any atom is 0.255 e. The van der Waals surface area contributed by atoms with Gasteiger partial charge in [-0.15, -0.1) is 0 Å². The molecule has 1 N–H and O–H groups in total. The lowest BCUT2D eigenvalue weighted by Crippen LogP contribution is -2.65. The smallest absolute Gasteiger partial charge is 0.255 e. The van der Waals surface area contributed by atoms with Crippen molar-refractivity contribution in [3.63, 3.8) is 0 Å². The summed E-state index contributed by atoms with van der Waals surface area (Å²) in [5, 5.41) is 0. The van der Waals surface area contributed by atoms with E-state index in [0.717, 1.165) is 55.9 Å².